The van der Waals surface area contributed by atoms with E-state index in [2.05, 4.69) is 21.4 Å². The number of hydrogen-bond donors (Lipinski definition) is 2. The van der Waals surface area contributed by atoms with Crippen LogP contribution in [0.15, 0.2) is 21.2 Å². The van der Waals surface area contributed by atoms with Crippen LogP contribution in [-0.2, 0) is 4.74 Å². The maximum absolute atomic E-state index is 5.70. The highest BCUT2D eigenvalue weighted by Crippen LogP contribution is 2.29. The first-order chi connectivity index (χ1) is 7.81. The normalized spacial score (nSPS) is 23.2. The highest BCUT2D eigenvalue weighted by molar-refractivity contribution is 9.10. The number of hydrazine groups is 1. The maximum atomic E-state index is 5.70. The van der Waals surface area contributed by atoms with E-state index < -0.39 is 0 Å². The summed E-state index contributed by atoms with van der Waals surface area (Å²) in [7, 11) is 0. The van der Waals surface area contributed by atoms with Crippen molar-refractivity contribution >= 4 is 15.9 Å². The van der Waals surface area contributed by atoms with Crippen LogP contribution in [0.2, 0.25) is 0 Å². The van der Waals surface area contributed by atoms with Crippen molar-refractivity contribution < 1.29 is 9.15 Å². The molecule has 0 saturated carbocycles. The Morgan fingerprint density at radius 1 is 1.56 bits per heavy atom. The summed E-state index contributed by atoms with van der Waals surface area (Å²) in [6, 6.07) is 1.88. The Hall–Kier alpha value is -0.360. The summed E-state index contributed by atoms with van der Waals surface area (Å²) in [5.41, 5.74) is 2.79. The minimum absolute atomic E-state index is 0.00692. The SMILES string of the molecule is NNC(CC1CCCCO1)c1occc1Br. The Labute approximate surface area is 104 Å². The van der Waals surface area contributed by atoms with Crippen LogP contribution >= 0.6 is 15.9 Å². The Morgan fingerprint density at radius 3 is 3.00 bits per heavy atom. The van der Waals surface area contributed by atoms with Gasteiger partial charge in [0.25, 0.3) is 0 Å². The minimum atomic E-state index is 0.00692. The number of ether oxygens (including phenoxy) is 1. The van der Waals surface area contributed by atoms with Crippen LogP contribution in [0.3, 0.4) is 0 Å². The van der Waals surface area contributed by atoms with Gasteiger partial charge in [-0.15, -0.1) is 0 Å². The van der Waals surface area contributed by atoms with Crippen LogP contribution in [0.4, 0.5) is 0 Å². The smallest absolute Gasteiger partial charge is 0.136 e. The molecule has 0 amide bonds. The fourth-order valence-corrected chi connectivity index (χ4v) is 2.54. The van der Waals surface area contributed by atoms with Gasteiger partial charge in [-0.25, -0.2) is 5.43 Å². The van der Waals surface area contributed by atoms with E-state index in [1.54, 1.807) is 6.26 Å². The second kappa shape index (κ2) is 5.82. The number of furan rings is 1. The summed E-state index contributed by atoms with van der Waals surface area (Å²) in [4.78, 5) is 0. The highest BCUT2D eigenvalue weighted by Gasteiger charge is 2.23. The molecule has 0 aliphatic carbocycles. The third kappa shape index (κ3) is 2.85. The summed E-state index contributed by atoms with van der Waals surface area (Å²) in [5.74, 6) is 6.41. The summed E-state index contributed by atoms with van der Waals surface area (Å²) in [5, 5.41) is 0. The van der Waals surface area contributed by atoms with Crippen molar-refractivity contribution in [2.24, 2.45) is 5.84 Å². The van der Waals surface area contributed by atoms with Crippen molar-refractivity contribution in [1.82, 2.24) is 5.43 Å². The van der Waals surface area contributed by atoms with Crippen LogP contribution in [0.5, 0.6) is 0 Å². The number of nitrogens with one attached hydrogen (secondary N) is 1. The Kier molecular flexibility index (Phi) is 4.40. The molecular weight excluding hydrogens is 272 g/mol. The van der Waals surface area contributed by atoms with E-state index in [0.29, 0.717) is 0 Å². The number of hydrogen-bond acceptors (Lipinski definition) is 4. The molecule has 1 fully saturated rings. The molecular formula is C11H17BrN2O2. The summed E-state index contributed by atoms with van der Waals surface area (Å²) < 4.78 is 12.1. The fraction of sp³-hybridized carbons (Fsp3) is 0.636. The van der Waals surface area contributed by atoms with Gasteiger partial charge in [0.15, 0.2) is 0 Å². The van der Waals surface area contributed by atoms with Crippen LogP contribution in [0.25, 0.3) is 0 Å². The average Bonchev–Trinajstić information content (AvgIpc) is 2.74. The molecule has 4 nitrogen and oxygen atoms in total. The molecule has 1 saturated heterocycles. The van der Waals surface area contributed by atoms with Crippen molar-refractivity contribution in [3.8, 4) is 0 Å². The molecule has 2 rings (SSSR count). The van der Waals surface area contributed by atoms with Crippen molar-refractivity contribution in [3.63, 3.8) is 0 Å². The maximum Gasteiger partial charge on any atom is 0.136 e. The number of rotatable bonds is 4. The molecule has 1 aliphatic heterocycles. The van der Waals surface area contributed by atoms with E-state index in [9.17, 15) is 0 Å². The van der Waals surface area contributed by atoms with Gasteiger partial charge in [0.2, 0.25) is 0 Å². The Morgan fingerprint density at radius 2 is 2.44 bits per heavy atom. The van der Waals surface area contributed by atoms with Crippen LogP contribution in [-0.4, -0.2) is 12.7 Å². The average molecular weight is 289 g/mol. The fourth-order valence-electron chi connectivity index (χ4n) is 2.06. The highest BCUT2D eigenvalue weighted by atomic mass is 79.9. The monoisotopic (exact) mass is 288 g/mol. The van der Waals surface area contributed by atoms with Gasteiger partial charge in [0, 0.05) is 6.61 Å². The summed E-state index contributed by atoms with van der Waals surface area (Å²) >= 11 is 3.44. The first-order valence-corrected chi connectivity index (χ1v) is 6.41. The minimum Gasteiger partial charge on any atom is -0.466 e. The standard InChI is InChI=1S/C11H17BrN2O2/c12-9-4-6-16-11(9)10(14-13)7-8-3-1-2-5-15-8/h4,6,8,10,14H,1-3,5,7,13H2. The Bertz CT molecular complexity index is 324. The van der Waals surface area contributed by atoms with Gasteiger partial charge in [-0.2, -0.15) is 0 Å². The largest absolute Gasteiger partial charge is 0.466 e. The molecule has 2 unspecified atom stereocenters. The molecule has 0 aromatic carbocycles. The third-order valence-electron chi connectivity index (χ3n) is 2.94. The van der Waals surface area contributed by atoms with Gasteiger partial charge in [0.1, 0.15) is 5.76 Å². The molecule has 3 N–H and O–H groups in total. The van der Waals surface area contributed by atoms with Gasteiger partial charge in [-0.05, 0) is 47.7 Å². The van der Waals surface area contributed by atoms with E-state index in [1.807, 2.05) is 6.07 Å². The second-order valence-corrected chi connectivity index (χ2v) is 4.93. The topological polar surface area (TPSA) is 60.4 Å². The molecule has 5 heteroatoms. The molecule has 90 valence electrons. The molecule has 0 bridgehead atoms. The molecule has 2 atom stereocenters. The van der Waals surface area contributed by atoms with Gasteiger partial charge in [-0.1, -0.05) is 0 Å². The molecule has 2 heterocycles. The van der Waals surface area contributed by atoms with Crippen molar-refractivity contribution in [3.05, 3.63) is 22.6 Å². The van der Waals surface area contributed by atoms with Crippen molar-refractivity contribution in [1.29, 1.82) is 0 Å². The molecule has 16 heavy (non-hydrogen) atoms. The predicted octanol–water partition coefficient (Wildman–Crippen LogP) is 2.51. The van der Waals surface area contributed by atoms with Crippen molar-refractivity contribution in [2.75, 3.05) is 6.61 Å². The van der Waals surface area contributed by atoms with Gasteiger partial charge < -0.3 is 9.15 Å². The summed E-state index contributed by atoms with van der Waals surface area (Å²) in [6.45, 7) is 0.862. The van der Waals surface area contributed by atoms with Crippen molar-refractivity contribution in [2.45, 2.75) is 37.8 Å². The zero-order valence-corrected chi connectivity index (χ0v) is 10.7. The summed E-state index contributed by atoms with van der Waals surface area (Å²) in [6.07, 6.45) is 6.31. The predicted molar refractivity (Wildman–Crippen MR) is 64.7 cm³/mol. The molecule has 0 spiro atoms. The van der Waals surface area contributed by atoms with E-state index in [4.69, 9.17) is 15.0 Å². The molecule has 1 aromatic heterocycles. The van der Waals surface area contributed by atoms with Crippen LogP contribution < -0.4 is 11.3 Å². The third-order valence-corrected chi connectivity index (χ3v) is 3.59. The molecule has 0 radical (unpaired) electrons. The van der Waals surface area contributed by atoms with Crippen LogP contribution in [0.1, 0.15) is 37.5 Å². The quantitative estimate of drug-likeness (QED) is 0.660. The van der Waals surface area contributed by atoms with E-state index in [-0.39, 0.29) is 12.1 Å². The Balaban J connectivity index is 1.97. The lowest BCUT2D eigenvalue weighted by Crippen LogP contribution is -2.32. The number of nitrogens with two attached hydrogens (primary N) is 1. The lowest BCUT2D eigenvalue weighted by Gasteiger charge is -2.25. The first-order valence-electron chi connectivity index (χ1n) is 5.62. The first kappa shape index (κ1) is 12.1. The van der Waals surface area contributed by atoms with Gasteiger partial charge in [-0.3, -0.25) is 5.84 Å². The van der Waals surface area contributed by atoms with Gasteiger partial charge in [0.05, 0.1) is 22.9 Å². The second-order valence-electron chi connectivity index (χ2n) is 4.08. The lowest BCUT2D eigenvalue weighted by atomic mass is 10.0. The van der Waals surface area contributed by atoms with Gasteiger partial charge >= 0.3 is 0 Å². The van der Waals surface area contributed by atoms with Crippen LogP contribution in [0, 0.1) is 0 Å². The molecule has 1 aromatic rings. The molecule has 1 aliphatic rings. The van der Waals surface area contributed by atoms with E-state index in [0.717, 1.165) is 29.7 Å². The zero-order valence-electron chi connectivity index (χ0n) is 9.12. The zero-order chi connectivity index (χ0) is 11.4. The number of halogens is 1. The lowest BCUT2D eigenvalue weighted by molar-refractivity contribution is 0.00365. The van der Waals surface area contributed by atoms with E-state index >= 15 is 0 Å². The van der Waals surface area contributed by atoms with E-state index in [1.165, 1.54) is 12.8 Å².